The van der Waals surface area contributed by atoms with Gasteiger partial charge in [-0.05, 0) is 0 Å². The predicted octanol–water partition coefficient (Wildman–Crippen LogP) is 0.273. The minimum Gasteiger partial charge on any atom is -0.380 e. The Bertz CT molecular complexity index is 87.0. The fourth-order valence-electron chi connectivity index (χ4n) is 0.329. The van der Waals surface area contributed by atoms with Crippen LogP contribution in [0.3, 0.4) is 0 Å². The van der Waals surface area contributed by atoms with Crippen LogP contribution in [-0.2, 0) is 9.53 Å². The summed E-state index contributed by atoms with van der Waals surface area (Å²) in [6, 6.07) is 0. The molecule has 0 aromatic heterocycles. The maximum atomic E-state index is 10.1. The molecule has 0 atom stereocenters. The van der Waals surface area contributed by atoms with Gasteiger partial charge < -0.3 is 10.5 Å². The molecule has 0 aliphatic rings. The Hall–Kier alpha value is -0.0900. The van der Waals surface area contributed by atoms with E-state index in [1.807, 2.05) is 0 Å². The molecule has 0 saturated carbocycles. The number of carbonyl (C=O) groups is 1. The number of rotatable bonds is 5. The van der Waals surface area contributed by atoms with Crippen LogP contribution in [0.15, 0.2) is 0 Å². The van der Waals surface area contributed by atoms with Crippen molar-refractivity contribution >= 4 is 21.8 Å². The van der Waals surface area contributed by atoms with Gasteiger partial charge in [0.2, 0.25) is 5.91 Å². The third-order valence-electron chi connectivity index (χ3n) is 0.714. The van der Waals surface area contributed by atoms with Gasteiger partial charge in [0.05, 0.1) is 13.2 Å². The van der Waals surface area contributed by atoms with Gasteiger partial charge in [0.25, 0.3) is 0 Å². The van der Waals surface area contributed by atoms with Gasteiger partial charge in [-0.1, -0.05) is 15.9 Å². The number of ether oxygens (including phenoxy) is 1. The lowest BCUT2D eigenvalue weighted by atomic mass is 10.4. The van der Waals surface area contributed by atoms with Gasteiger partial charge in [0, 0.05) is 11.8 Å². The average Bonchev–Trinajstić information content (AvgIpc) is 1.80. The first-order chi connectivity index (χ1) is 4.27. The number of halogens is 1. The summed E-state index contributed by atoms with van der Waals surface area (Å²) in [6.45, 7) is 1.06. The Morgan fingerprint density at radius 2 is 2.22 bits per heavy atom. The molecule has 2 N–H and O–H groups in total. The van der Waals surface area contributed by atoms with Crippen molar-refractivity contribution in [3.8, 4) is 0 Å². The number of carbonyl (C=O) groups excluding carboxylic acids is 1. The highest BCUT2D eigenvalue weighted by atomic mass is 79.9. The van der Waals surface area contributed by atoms with Gasteiger partial charge in [0.15, 0.2) is 0 Å². The van der Waals surface area contributed by atoms with Crippen molar-refractivity contribution in [1.82, 2.24) is 0 Å². The molecule has 0 aliphatic carbocycles. The van der Waals surface area contributed by atoms with Gasteiger partial charge in [-0.15, -0.1) is 0 Å². The molecule has 0 radical (unpaired) electrons. The van der Waals surface area contributed by atoms with E-state index in [1.54, 1.807) is 0 Å². The predicted molar refractivity (Wildman–Crippen MR) is 38.4 cm³/mol. The number of amides is 1. The highest BCUT2D eigenvalue weighted by Gasteiger charge is 1.91. The van der Waals surface area contributed by atoms with Gasteiger partial charge >= 0.3 is 0 Å². The van der Waals surface area contributed by atoms with Crippen LogP contribution in [0.5, 0.6) is 0 Å². The number of nitrogens with two attached hydrogens (primary N) is 1. The monoisotopic (exact) mass is 195 g/mol. The first kappa shape index (κ1) is 8.91. The average molecular weight is 196 g/mol. The highest BCUT2D eigenvalue weighted by molar-refractivity contribution is 9.09. The zero-order valence-corrected chi connectivity index (χ0v) is 6.69. The molecule has 0 aromatic carbocycles. The molecule has 9 heavy (non-hydrogen) atoms. The molecule has 3 nitrogen and oxygen atoms in total. The summed E-state index contributed by atoms with van der Waals surface area (Å²) in [5, 5.41) is 0.797. The molecule has 1 amide bonds. The van der Waals surface area contributed by atoms with Gasteiger partial charge in [-0.25, -0.2) is 0 Å². The Morgan fingerprint density at radius 3 is 2.67 bits per heavy atom. The van der Waals surface area contributed by atoms with E-state index in [4.69, 9.17) is 10.5 Å². The third kappa shape index (κ3) is 7.91. The second kappa shape index (κ2) is 6.04. The Balaban J connectivity index is 2.83. The van der Waals surface area contributed by atoms with Crippen molar-refractivity contribution in [2.45, 2.75) is 6.42 Å². The Morgan fingerprint density at radius 1 is 1.56 bits per heavy atom. The summed E-state index contributed by atoms with van der Waals surface area (Å²) < 4.78 is 4.95. The molecule has 0 unspecified atom stereocenters. The summed E-state index contributed by atoms with van der Waals surface area (Å²) in [6.07, 6.45) is 0.312. The van der Waals surface area contributed by atoms with Gasteiger partial charge in [-0.3, -0.25) is 4.79 Å². The van der Waals surface area contributed by atoms with Crippen molar-refractivity contribution in [1.29, 1.82) is 0 Å². The van der Waals surface area contributed by atoms with E-state index in [0.717, 1.165) is 5.33 Å². The Labute approximate surface area is 62.7 Å². The van der Waals surface area contributed by atoms with E-state index in [0.29, 0.717) is 19.6 Å². The lowest BCUT2D eigenvalue weighted by molar-refractivity contribution is -0.119. The number of primary amides is 1. The number of hydrogen-bond acceptors (Lipinski definition) is 2. The van der Waals surface area contributed by atoms with E-state index < -0.39 is 0 Å². The normalized spacial score (nSPS) is 9.44. The molecular weight excluding hydrogens is 186 g/mol. The number of hydrogen-bond donors (Lipinski definition) is 1. The molecule has 0 aromatic rings. The molecule has 0 bridgehead atoms. The minimum atomic E-state index is -0.315. The fraction of sp³-hybridized carbons (Fsp3) is 0.800. The van der Waals surface area contributed by atoms with Crippen LogP contribution >= 0.6 is 15.9 Å². The lowest BCUT2D eigenvalue weighted by Crippen LogP contribution is -2.13. The zero-order valence-electron chi connectivity index (χ0n) is 5.10. The Kier molecular flexibility index (Phi) is 5.98. The lowest BCUT2D eigenvalue weighted by Gasteiger charge is -1.96. The van der Waals surface area contributed by atoms with Crippen LogP contribution in [-0.4, -0.2) is 24.5 Å². The van der Waals surface area contributed by atoms with Crippen LogP contribution in [0, 0.1) is 0 Å². The van der Waals surface area contributed by atoms with Gasteiger partial charge in [-0.2, -0.15) is 0 Å². The third-order valence-corrected chi connectivity index (χ3v) is 1.04. The maximum absolute atomic E-state index is 10.1. The zero-order chi connectivity index (χ0) is 7.11. The van der Waals surface area contributed by atoms with Crippen LogP contribution < -0.4 is 5.73 Å². The first-order valence-corrected chi connectivity index (χ1v) is 3.81. The second-order valence-corrected chi connectivity index (χ2v) is 2.31. The van der Waals surface area contributed by atoms with Crippen molar-refractivity contribution in [3.05, 3.63) is 0 Å². The molecule has 0 spiro atoms. The van der Waals surface area contributed by atoms with Crippen LogP contribution in [0.4, 0.5) is 0 Å². The molecule has 0 aliphatic heterocycles. The molecule has 0 rings (SSSR count). The second-order valence-electron chi connectivity index (χ2n) is 1.52. The molecule has 0 heterocycles. The summed E-state index contributed by atoms with van der Waals surface area (Å²) in [4.78, 5) is 10.1. The van der Waals surface area contributed by atoms with Crippen molar-refractivity contribution in [3.63, 3.8) is 0 Å². The van der Waals surface area contributed by atoms with Crippen molar-refractivity contribution < 1.29 is 9.53 Å². The smallest absolute Gasteiger partial charge is 0.219 e. The van der Waals surface area contributed by atoms with Crippen LogP contribution in [0.2, 0.25) is 0 Å². The van der Waals surface area contributed by atoms with Gasteiger partial charge in [0.1, 0.15) is 0 Å². The summed E-state index contributed by atoms with van der Waals surface area (Å²) >= 11 is 3.18. The fourth-order valence-corrected chi connectivity index (χ4v) is 0.558. The number of alkyl halides is 1. The topological polar surface area (TPSA) is 52.3 Å². The largest absolute Gasteiger partial charge is 0.380 e. The standard InChI is InChI=1S/C5H10BrNO2/c6-2-4-9-3-1-5(7)8/h1-4H2,(H2,7,8). The minimum absolute atomic E-state index is 0.312. The van der Waals surface area contributed by atoms with Crippen LogP contribution in [0.25, 0.3) is 0 Å². The van der Waals surface area contributed by atoms with Crippen LogP contribution in [0.1, 0.15) is 6.42 Å². The molecular formula is C5H10BrNO2. The van der Waals surface area contributed by atoms with E-state index in [9.17, 15) is 4.79 Å². The van der Waals surface area contributed by atoms with E-state index in [2.05, 4.69) is 15.9 Å². The summed E-state index contributed by atoms with van der Waals surface area (Å²) in [5.74, 6) is -0.315. The maximum Gasteiger partial charge on any atom is 0.219 e. The van der Waals surface area contributed by atoms with Crippen molar-refractivity contribution in [2.24, 2.45) is 5.73 Å². The highest BCUT2D eigenvalue weighted by Crippen LogP contribution is 1.84. The van der Waals surface area contributed by atoms with E-state index in [-0.39, 0.29) is 5.91 Å². The summed E-state index contributed by atoms with van der Waals surface area (Å²) in [7, 11) is 0. The van der Waals surface area contributed by atoms with E-state index in [1.165, 1.54) is 0 Å². The summed E-state index contributed by atoms with van der Waals surface area (Å²) in [5.41, 5.74) is 4.84. The quantitative estimate of drug-likeness (QED) is 0.507. The molecule has 0 saturated heterocycles. The first-order valence-electron chi connectivity index (χ1n) is 2.69. The molecule has 4 heteroatoms. The van der Waals surface area contributed by atoms with Crippen molar-refractivity contribution in [2.75, 3.05) is 18.5 Å². The SMILES string of the molecule is NC(=O)CCOCCBr. The molecule has 54 valence electrons. The molecule has 0 fully saturated rings. The van der Waals surface area contributed by atoms with E-state index >= 15 is 0 Å².